The predicted molar refractivity (Wildman–Crippen MR) is 63.8 cm³/mol. The van der Waals surface area contributed by atoms with Crippen molar-refractivity contribution >= 4 is 10.9 Å². The first-order chi connectivity index (χ1) is 7.39. The number of nitrogens with zero attached hydrogens (tertiary/aromatic N) is 1. The highest BCUT2D eigenvalue weighted by Crippen LogP contribution is 2.36. The maximum atomic E-state index is 9.89. The molecule has 3 nitrogen and oxygen atoms in total. The Labute approximate surface area is 94.4 Å². The Balaban J connectivity index is 2.88. The van der Waals surface area contributed by atoms with Crippen molar-refractivity contribution in [3.63, 3.8) is 0 Å². The minimum atomic E-state index is -0.195. The minimum absolute atomic E-state index is 0.172. The van der Waals surface area contributed by atoms with E-state index in [0.29, 0.717) is 0 Å². The number of aromatic nitrogens is 1. The number of rotatable bonds is 0. The Morgan fingerprint density at radius 1 is 1.12 bits per heavy atom. The standard InChI is InChI=1S/C13H15NO2/c1-13(2,3)12-9-6-8(15)4-5-10(9)14-7-11(12)16/h4-7,15-16H,1-3H3. The first-order valence-corrected chi connectivity index (χ1v) is 5.21. The Hall–Kier alpha value is -1.77. The maximum Gasteiger partial charge on any atom is 0.138 e. The van der Waals surface area contributed by atoms with Gasteiger partial charge in [0.2, 0.25) is 0 Å². The van der Waals surface area contributed by atoms with Gasteiger partial charge in [0, 0.05) is 10.9 Å². The Kier molecular flexibility index (Phi) is 2.26. The number of phenols is 1. The third-order valence-electron chi connectivity index (χ3n) is 2.58. The third-order valence-corrected chi connectivity index (χ3v) is 2.58. The second-order valence-corrected chi connectivity index (χ2v) is 4.97. The van der Waals surface area contributed by atoms with Gasteiger partial charge in [0.15, 0.2) is 0 Å². The van der Waals surface area contributed by atoms with Crippen LogP contribution >= 0.6 is 0 Å². The molecule has 3 heteroatoms. The SMILES string of the molecule is CC(C)(C)c1c(O)cnc2ccc(O)cc12. The summed E-state index contributed by atoms with van der Waals surface area (Å²) in [5.74, 6) is 0.357. The van der Waals surface area contributed by atoms with E-state index in [1.807, 2.05) is 20.8 Å². The van der Waals surface area contributed by atoms with Crippen LogP contribution in [0.15, 0.2) is 24.4 Å². The van der Waals surface area contributed by atoms with E-state index in [4.69, 9.17) is 0 Å². The molecule has 2 rings (SSSR count). The van der Waals surface area contributed by atoms with Crippen LogP contribution in [-0.2, 0) is 5.41 Å². The average molecular weight is 217 g/mol. The summed E-state index contributed by atoms with van der Waals surface area (Å²) in [4.78, 5) is 4.13. The molecular weight excluding hydrogens is 202 g/mol. The molecule has 0 radical (unpaired) electrons. The summed E-state index contributed by atoms with van der Waals surface area (Å²) in [5.41, 5.74) is 1.40. The zero-order valence-corrected chi connectivity index (χ0v) is 9.65. The van der Waals surface area contributed by atoms with Gasteiger partial charge in [-0.05, 0) is 23.6 Å². The van der Waals surface area contributed by atoms with Crippen LogP contribution in [0, 0.1) is 0 Å². The van der Waals surface area contributed by atoms with Crippen molar-refractivity contribution in [2.75, 3.05) is 0 Å². The lowest BCUT2D eigenvalue weighted by atomic mass is 9.84. The molecule has 0 unspecified atom stereocenters. The van der Waals surface area contributed by atoms with E-state index >= 15 is 0 Å². The zero-order chi connectivity index (χ0) is 11.9. The van der Waals surface area contributed by atoms with E-state index in [0.717, 1.165) is 16.5 Å². The van der Waals surface area contributed by atoms with Gasteiger partial charge < -0.3 is 10.2 Å². The molecule has 0 saturated heterocycles. The lowest BCUT2D eigenvalue weighted by molar-refractivity contribution is 0.446. The van der Waals surface area contributed by atoms with Crippen molar-refractivity contribution in [1.29, 1.82) is 0 Å². The second kappa shape index (κ2) is 3.37. The number of pyridine rings is 1. The fraction of sp³-hybridized carbons (Fsp3) is 0.308. The lowest BCUT2D eigenvalue weighted by Gasteiger charge is -2.22. The quantitative estimate of drug-likeness (QED) is 0.713. The molecule has 0 spiro atoms. The van der Waals surface area contributed by atoms with E-state index in [-0.39, 0.29) is 16.9 Å². The van der Waals surface area contributed by atoms with Gasteiger partial charge in [0.25, 0.3) is 0 Å². The van der Waals surface area contributed by atoms with Gasteiger partial charge in [-0.15, -0.1) is 0 Å². The average Bonchev–Trinajstić information content (AvgIpc) is 2.14. The van der Waals surface area contributed by atoms with Crippen LogP contribution in [0.5, 0.6) is 11.5 Å². The normalized spacial score (nSPS) is 11.9. The minimum Gasteiger partial charge on any atom is -0.508 e. The Morgan fingerprint density at radius 2 is 1.81 bits per heavy atom. The summed E-state index contributed by atoms with van der Waals surface area (Å²) in [6, 6.07) is 4.99. The van der Waals surface area contributed by atoms with Gasteiger partial charge in [0.05, 0.1) is 11.7 Å². The van der Waals surface area contributed by atoms with Crippen molar-refractivity contribution in [2.24, 2.45) is 0 Å². The highest BCUT2D eigenvalue weighted by atomic mass is 16.3. The fourth-order valence-corrected chi connectivity index (χ4v) is 1.96. The van der Waals surface area contributed by atoms with Crippen LogP contribution in [0.2, 0.25) is 0 Å². The summed E-state index contributed by atoms with van der Waals surface area (Å²) in [7, 11) is 0. The molecule has 0 aliphatic rings. The van der Waals surface area contributed by atoms with Gasteiger partial charge in [-0.3, -0.25) is 4.98 Å². The molecule has 2 aromatic rings. The molecule has 1 aromatic heterocycles. The molecule has 0 aliphatic heterocycles. The van der Waals surface area contributed by atoms with Gasteiger partial charge in [0.1, 0.15) is 11.5 Å². The summed E-state index contributed by atoms with van der Waals surface area (Å²) >= 11 is 0. The van der Waals surface area contributed by atoms with E-state index in [2.05, 4.69) is 4.98 Å². The lowest BCUT2D eigenvalue weighted by Crippen LogP contribution is -2.12. The van der Waals surface area contributed by atoms with Crippen molar-refractivity contribution < 1.29 is 10.2 Å². The fourth-order valence-electron chi connectivity index (χ4n) is 1.96. The molecule has 0 atom stereocenters. The molecular formula is C13H15NO2. The van der Waals surface area contributed by atoms with E-state index < -0.39 is 0 Å². The molecule has 1 heterocycles. The van der Waals surface area contributed by atoms with Crippen molar-refractivity contribution in [1.82, 2.24) is 4.98 Å². The topological polar surface area (TPSA) is 53.4 Å². The first-order valence-electron chi connectivity index (χ1n) is 5.21. The number of hydrogen-bond acceptors (Lipinski definition) is 3. The van der Waals surface area contributed by atoms with Gasteiger partial charge >= 0.3 is 0 Å². The number of fused-ring (bicyclic) bond motifs is 1. The monoisotopic (exact) mass is 217 g/mol. The largest absolute Gasteiger partial charge is 0.508 e. The van der Waals surface area contributed by atoms with Crippen LogP contribution in [0.3, 0.4) is 0 Å². The van der Waals surface area contributed by atoms with E-state index in [1.165, 1.54) is 6.20 Å². The third kappa shape index (κ3) is 1.69. The van der Waals surface area contributed by atoms with E-state index in [9.17, 15) is 10.2 Å². The Bertz CT molecular complexity index is 536. The maximum absolute atomic E-state index is 9.89. The van der Waals surface area contributed by atoms with Crippen molar-refractivity contribution in [3.8, 4) is 11.5 Å². The Morgan fingerprint density at radius 3 is 2.44 bits per heavy atom. The van der Waals surface area contributed by atoms with Crippen LogP contribution in [0.25, 0.3) is 10.9 Å². The summed E-state index contributed by atoms with van der Waals surface area (Å²) < 4.78 is 0. The second-order valence-electron chi connectivity index (χ2n) is 4.97. The summed E-state index contributed by atoms with van der Waals surface area (Å²) in [6.07, 6.45) is 1.46. The number of hydrogen-bond donors (Lipinski definition) is 2. The first kappa shape index (κ1) is 10.7. The molecule has 0 saturated carbocycles. The van der Waals surface area contributed by atoms with Crippen LogP contribution < -0.4 is 0 Å². The van der Waals surface area contributed by atoms with Gasteiger partial charge in [-0.1, -0.05) is 20.8 Å². The molecule has 0 amide bonds. The van der Waals surface area contributed by atoms with Crippen LogP contribution in [-0.4, -0.2) is 15.2 Å². The van der Waals surface area contributed by atoms with E-state index in [1.54, 1.807) is 18.2 Å². The van der Waals surface area contributed by atoms with Crippen LogP contribution in [0.4, 0.5) is 0 Å². The van der Waals surface area contributed by atoms with Gasteiger partial charge in [-0.25, -0.2) is 0 Å². The molecule has 0 aliphatic carbocycles. The predicted octanol–water partition coefficient (Wildman–Crippen LogP) is 2.94. The summed E-state index contributed by atoms with van der Waals surface area (Å²) in [5, 5.41) is 20.2. The number of benzene rings is 1. The number of phenolic OH excluding ortho intramolecular Hbond substituents is 1. The molecule has 84 valence electrons. The molecule has 2 N–H and O–H groups in total. The highest BCUT2D eigenvalue weighted by molar-refractivity contribution is 5.86. The molecule has 0 bridgehead atoms. The van der Waals surface area contributed by atoms with Crippen molar-refractivity contribution in [2.45, 2.75) is 26.2 Å². The smallest absolute Gasteiger partial charge is 0.138 e. The molecule has 0 fully saturated rings. The molecule has 1 aromatic carbocycles. The van der Waals surface area contributed by atoms with Crippen molar-refractivity contribution in [3.05, 3.63) is 30.0 Å². The van der Waals surface area contributed by atoms with Gasteiger partial charge in [-0.2, -0.15) is 0 Å². The number of aromatic hydroxyl groups is 2. The summed E-state index contributed by atoms with van der Waals surface area (Å²) in [6.45, 7) is 6.06. The zero-order valence-electron chi connectivity index (χ0n) is 9.65. The highest BCUT2D eigenvalue weighted by Gasteiger charge is 2.21. The van der Waals surface area contributed by atoms with Crippen LogP contribution in [0.1, 0.15) is 26.3 Å². The molecule has 16 heavy (non-hydrogen) atoms.